The molecule has 150 valence electrons. The van der Waals surface area contributed by atoms with Gasteiger partial charge < -0.3 is 10.1 Å². The predicted molar refractivity (Wildman–Crippen MR) is 110 cm³/mol. The molecule has 3 aromatic rings. The monoisotopic (exact) mass is 434 g/mol. The van der Waals surface area contributed by atoms with Crippen molar-refractivity contribution >= 4 is 40.6 Å². The van der Waals surface area contributed by atoms with E-state index in [4.69, 9.17) is 27.9 Å². The molecule has 0 unspecified atom stereocenters. The topological polar surface area (TPSA) is 99.3 Å². The fraction of sp³-hybridized carbons (Fsp3) is 0.158. The van der Waals surface area contributed by atoms with E-state index in [1.54, 1.807) is 22.9 Å². The first-order valence-electron chi connectivity index (χ1n) is 8.40. The number of carbonyl (C=O) groups is 1. The molecule has 0 fully saturated rings. The summed E-state index contributed by atoms with van der Waals surface area (Å²) in [6.45, 7) is 2.28. The second-order valence-electron chi connectivity index (χ2n) is 6.17. The fourth-order valence-corrected chi connectivity index (χ4v) is 3.03. The number of halogens is 2. The molecule has 1 heterocycles. The Morgan fingerprint density at radius 2 is 1.97 bits per heavy atom. The van der Waals surface area contributed by atoms with Gasteiger partial charge in [-0.3, -0.25) is 19.6 Å². The summed E-state index contributed by atoms with van der Waals surface area (Å²) >= 11 is 12.0. The van der Waals surface area contributed by atoms with Crippen LogP contribution in [0.2, 0.25) is 10.0 Å². The summed E-state index contributed by atoms with van der Waals surface area (Å²) in [6, 6.07) is 11.0. The highest BCUT2D eigenvalue weighted by atomic mass is 35.5. The van der Waals surface area contributed by atoms with Gasteiger partial charge in [0.15, 0.2) is 11.6 Å². The maximum absolute atomic E-state index is 12.5. The zero-order chi connectivity index (χ0) is 21.1. The van der Waals surface area contributed by atoms with Crippen molar-refractivity contribution in [3.8, 4) is 5.75 Å². The Balaban J connectivity index is 1.78. The summed E-state index contributed by atoms with van der Waals surface area (Å²) in [4.78, 5) is 23.0. The third-order valence-electron chi connectivity index (χ3n) is 4.18. The lowest BCUT2D eigenvalue weighted by molar-refractivity contribution is -0.385. The first-order valence-corrected chi connectivity index (χ1v) is 9.16. The molecule has 29 heavy (non-hydrogen) atoms. The van der Waals surface area contributed by atoms with Crippen molar-refractivity contribution in [3.63, 3.8) is 0 Å². The number of aromatic nitrogens is 2. The molecule has 0 aliphatic carbocycles. The second kappa shape index (κ2) is 8.50. The minimum Gasteiger partial charge on any atom is -0.490 e. The number of nitrogens with zero attached hydrogens (tertiary/aromatic N) is 3. The molecule has 0 bridgehead atoms. The molecule has 1 amide bonds. The molecule has 0 saturated carbocycles. The lowest BCUT2D eigenvalue weighted by Gasteiger charge is -2.06. The Morgan fingerprint density at radius 3 is 2.62 bits per heavy atom. The van der Waals surface area contributed by atoms with Crippen LogP contribution >= 0.6 is 23.2 Å². The molecule has 0 atom stereocenters. The van der Waals surface area contributed by atoms with E-state index in [1.165, 1.54) is 19.2 Å². The highest BCUT2D eigenvalue weighted by Gasteiger charge is 2.19. The molecule has 0 aliphatic heterocycles. The Hall–Kier alpha value is -3.10. The van der Waals surface area contributed by atoms with Crippen molar-refractivity contribution in [1.29, 1.82) is 0 Å². The molecule has 2 aromatic carbocycles. The van der Waals surface area contributed by atoms with Gasteiger partial charge >= 0.3 is 5.69 Å². The number of aryl methyl sites for hydroxylation is 1. The molecule has 0 radical (unpaired) electrons. The summed E-state index contributed by atoms with van der Waals surface area (Å²) in [5.41, 5.74) is 1.54. The highest BCUT2D eigenvalue weighted by Crippen LogP contribution is 2.28. The van der Waals surface area contributed by atoms with E-state index < -0.39 is 10.8 Å². The van der Waals surface area contributed by atoms with Gasteiger partial charge in [-0.1, -0.05) is 29.3 Å². The van der Waals surface area contributed by atoms with Crippen molar-refractivity contribution < 1.29 is 14.5 Å². The number of hydrogen-bond acceptors (Lipinski definition) is 5. The Morgan fingerprint density at radius 1 is 1.21 bits per heavy atom. The lowest BCUT2D eigenvalue weighted by Crippen LogP contribution is -2.13. The van der Waals surface area contributed by atoms with Gasteiger partial charge in [0.1, 0.15) is 0 Å². The average molecular weight is 435 g/mol. The number of benzene rings is 2. The van der Waals surface area contributed by atoms with Crippen molar-refractivity contribution in [2.75, 3.05) is 12.4 Å². The van der Waals surface area contributed by atoms with Crippen LogP contribution in [0.4, 0.5) is 11.5 Å². The lowest BCUT2D eigenvalue weighted by atomic mass is 10.1. The smallest absolute Gasteiger partial charge is 0.311 e. The minimum atomic E-state index is -0.605. The molecule has 3 rings (SSSR count). The van der Waals surface area contributed by atoms with Crippen molar-refractivity contribution in [1.82, 2.24) is 9.78 Å². The number of hydrogen-bond donors (Lipinski definition) is 1. The number of nitrogens with one attached hydrogen (secondary N) is 1. The summed E-state index contributed by atoms with van der Waals surface area (Å²) < 4.78 is 6.64. The van der Waals surface area contributed by atoms with Crippen LogP contribution < -0.4 is 10.1 Å². The third-order valence-corrected chi connectivity index (χ3v) is 4.92. The molecular weight excluding hydrogens is 419 g/mol. The standard InChI is InChI=1S/C19H16Cl2N4O4/c1-11-7-18(23-24(11)10-12-3-5-14(20)15(21)8-12)22-19(26)13-4-6-17(29-2)16(9-13)25(27)28/h3-9H,10H2,1-2H3,(H,22,23,26). The Kier molecular flexibility index (Phi) is 6.05. The second-order valence-corrected chi connectivity index (χ2v) is 6.99. The van der Waals surface area contributed by atoms with E-state index in [-0.39, 0.29) is 17.0 Å². The van der Waals surface area contributed by atoms with Gasteiger partial charge in [-0.25, -0.2) is 0 Å². The fourth-order valence-electron chi connectivity index (χ4n) is 2.70. The molecular formula is C19H16Cl2N4O4. The molecule has 1 aromatic heterocycles. The maximum atomic E-state index is 12.5. The number of ether oxygens (including phenoxy) is 1. The van der Waals surface area contributed by atoms with E-state index in [0.717, 1.165) is 17.3 Å². The van der Waals surface area contributed by atoms with Crippen molar-refractivity contribution in [2.45, 2.75) is 13.5 Å². The van der Waals surface area contributed by atoms with Crippen molar-refractivity contribution in [3.05, 3.63) is 79.4 Å². The predicted octanol–water partition coefficient (Wildman–Crippen LogP) is 4.72. The van der Waals surface area contributed by atoms with E-state index in [0.29, 0.717) is 22.4 Å². The van der Waals surface area contributed by atoms with Gasteiger partial charge in [-0.05, 0) is 36.8 Å². The van der Waals surface area contributed by atoms with E-state index in [1.807, 2.05) is 13.0 Å². The molecule has 8 nitrogen and oxygen atoms in total. The molecule has 0 aliphatic rings. The Labute approximate surface area is 176 Å². The van der Waals surface area contributed by atoms with Crippen LogP contribution in [-0.4, -0.2) is 27.7 Å². The van der Waals surface area contributed by atoms with Crippen LogP contribution in [0.25, 0.3) is 0 Å². The number of nitro benzene ring substituents is 1. The van der Waals surface area contributed by atoms with Gasteiger partial charge in [0.05, 0.1) is 28.6 Å². The largest absolute Gasteiger partial charge is 0.490 e. The molecule has 1 N–H and O–H groups in total. The van der Waals surface area contributed by atoms with Crippen molar-refractivity contribution in [2.24, 2.45) is 0 Å². The summed E-state index contributed by atoms with van der Waals surface area (Å²) in [7, 11) is 1.32. The van der Waals surface area contributed by atoms with E-state index >= 15 is 0 Å². The van der Waals surface area contributed by atoms with Gasteiger partial charge in [-0.2, -0.15) is 5.10 Å². The molecule has 10 heteroatoms. The van der Waals surface area contributed by atoms with Crippen LogP contribution in [0.15, 0.2) is 42.5 Å². The zero-order valence-corrected chi connectivity index (χ0v) is 17.0. The van der Waals surface area contributed by atoms with E-state index in [2.05, 4.69) is 10.4 Å². The highest BCUT2D eigenvalue weighted by molar-refractivity contribution is 6.42. The van der Waals surface area contributed by atoms with Crippen LogP contribution in [0.3, 0.4) is 0 Å². The SMILES string of the molecule is COc1ccc(C(=O)Nc2cc(C)n(Cc3ccc(Cl)c(Cl)c3)n2)cc1[N+](=O)[O-]. The van der Waals surface area contributed by atoms with Crippen LogP contribution in [-0.2, 0) is 6.54 Å². The summed E-state index contributed by atoms with van der Waals surface area (Å²) in [5.74, 6) is -0.116. The number of nitro groups is 1. The van der Waals surface area contributed by atoms with Crippen LogP contribution in [0.5, 0.6) is 5.75 Å². The van der Waals surface area contributed by atoms with Crippen LogP contribution in [0.1, 0.15) is 21.6 Å². The van der Waals surface area contributed by atoms with Gasteiger partial charge in [0.2, 0.25) is 0 Å². The number of anilines is 1. The summed E-state index contributed by atoms with van der Waals surface area (Å²) in [6.07, 6.45) is 0. The number of amides is 1. The number of rotatable bonds is 6. The molecule has 0 spiro atoms. The normalized spacial score (nSPS) is 10.6. The first-order chi connectivity index (χ1) is 13.8. The summed E-state index contributed by atoms with van der Waals surface area (Å²) in [5, 5.41) is 19.1. The average Bonchev–Trinajstić information content (AvgIpc) is 3.02. The maximum Gasteiger partial charge on any atom is 0.311 e. The van der Waals surface area contributed by atoms with Gasteiger partial charge in [0, 0.05) is 23.4 Å². The third kappa shape index (κ3) is 4.67. The van der Waals surface area contributed by atoms with Gasteiger partial charge in [-0.15, -0.1) is 0 Å². The quantitative estimate of drug-likeness (QED) is 0.446. The van der Waals surface area contributed by atoms with Crippen LogP contribution in [0, 0.1) is 17.0 Å². The Bertz CT molecular complexity index is 1100. The van der Waals surface area contributed by atoms with E-state index in [9.17, 15) is 14.9 Å². The molecule has 0 saturated heterocycles. The number of carbonyl (C=O) groups excluding carboxylic acids is 1. The zero-order valence-electron chi connectivity index (χ0n) is 15.5. The minimum absolute atomic E-state index is 0.0771. The van der Waals surface area contributed by atoms with Gasteiger partial charge in [0.25, 0.3) is 5.91 Å². The number of methoxy groups -OCH3 is 1. The first kappa shape index (κ1) is 20.6.